The third-order valence-corrected chi connectivity index (χ3v) is 12.2. The van der Waals surface area contributed by atoms with Crippen LogP contribution in [0, 0.1) is 6.92 Å². The molecule has 0 N–H and O–H groups in total. The number of hydrogen-bond acceptors (Lipinski definition) is 0. The summed E-state index contributed by atoms with van der Waals surface area (Å²) in [6.45, 7) is 16.6. The molecule has 0 fully saturated rings. The maximum absolute atomic E-state index is 2.39. The lowest BCUT2D eigenvalue weighted by molar-refractivity contribution is 0.714. The summed E-state index contributed by atoms with van der Waals surface area (Å²) in [4.78, 5) is 0. The molecule has 0 amide bonds. The number of hydrogen-bond donors (Lipinski definition) is 0. The highest BCUT2D eigenvalue weighted by Gasteiger charge is 2.44. The summed E-state index contributed by atoms with van der Waals surface area (Å²) in [7, 11) is -0.583. The molecular formula is C39H46BP. The van der Waals surface area contributed by atoms with Gasteiger partial charge in [-0.05, 0) is 60.1 Å². The molecular weight excluding hydrogens is 510 g/mol. The summed E-state index contributed by atoms with van der Waals surface area (Å²) in [6, 6.07) is 52.4. The first-order valence-corrected chi connectivity index (χ1v) is 16.4. The zero-order chi connectivity index (χ0) is 29.5. The van der Waals surface area contributed by atoms with Gasteiger partial charge in [0.15, 0.2) is 0 Å². The Hall–Kier alpha value is -3.41. The number of rotatable bonds is 5. The predicted octanol–water partition coefficient (Wildman–Crippen LogP) is 7.50. The molecule has 0 bridgehead atoms. The van der Waals surface area contributed by atoms with Crippen molar-refractivity contribution in [2.75, 3.05) is 0 Å². The Bertz CT molecular complexity index is 1300. The normalized spacial score (nSPS) is 12.0. The van der Waals surface area contributed by atoms with Crippen LogP contribution in [-0.4, -0.2) is 16.5 Å². The van der Waals surface area contributed by atoms with Crippen LogP contribution in [0.5, 0.6) is 0 Å². The molecule has 0 saturated carbocycles. The van der Waals surface area contributed by atoms with Gasteiger partial charge in [0.25, 0.3) is 0 Å². The Balaban J connectivity index is 0.000000210. The van der Waals surface area contributed by atoms with Crippen molar-refractivity contribution in [1.82, 2.24) is 0 Å². The van der Waals surface area contributed by atoms with E-state index in [1.807, 2.05) is 0 Å². The van der Waals surface area contributed by atoms with Gasteiger partial charge in [-0.1, -0.05) is 140 Å². The van der Waals surface area contributed by atoms with Gasteiger partial charge in [-0.25, -0.2) is 0 Å². The van der Waals surface area contributed by atoms with Crippen LogP contribution in [0.15, 0.2) is 146 Å². The first kappa shape index (κ1) is 30.6. The molecule has 0 aromatic heterocycles. The van der Waals surface area contributed by atoms with Crippen molar-refractivity contribution in [3.05, 3.63) is 151 Å². The molecule has 0 aliphatic rings. The van der Waals surface area contributed by atoms with Crippen LogP contribution < -0.4 is 27.2 Å². The van der Waals surface area contributed by atoms with Crippen molar-refractivity contribution in [3.8, 4) is 0 Å². The minimum Gasteiger partial charge on any atom is -0.195 e. The Kier molecular flexibility index (Phi) is 9.73. The molecule has 0 atom stereocenters. The second kappa shape index (κ2) is 13.1. The average Bonchev–Trinajstić information content (AvgIpc) is 2.96. The van der Waals surface area contributed by atoms with Gasteiger partial charge < -0.3 is 0 Å². The fourth-order valence-electron chi connectivity index (χ4n) is 6.91. The molecule has 5 aromatic rings. The Morgan fingerprint density at radius 3 is 0.927 bits per heavy atom. The molecule has 2 heteroatoms. The van der Waals surface area contributed by atoms with Gasteiger partial charge in [0, 0.05) is 7.92 Å². The molecule has 0 aliphatic carbocycles. The highest BCUT2D eigenvalue weighted by Crippen LogP contribution is 2.58. The van der Waals surface area contributed by atoms with E-state index >= 15 is 0 Å². The Labute approximate surface area is 250 Å². The lowest BCUT2D eigenvalue weighted by Crippen LogP contribution is -2.74. The summed E-state index contributed by atoms with van der Waals surface area (Å²) in [5, 5.41) is 2.40. The first-order chi connectivity index (χ1) is 19.6. The molecule has 0 aliphatic heterocycles. The van der Waals surface area contributed by atoms with Crippen LogP contribution in [0.3, 0.4) is 0 Å². The summed E-state index contributed by atoms with van der Waals surface area (Å²) in [5.41, 5.74) is 6.82. The topological polar surface area (TPSA) is 0 Å². The van der Waals surface area contributed by atoms with Crippen LogP contribution in [-0.2, 0) is 0 Å². The van der Waals surface area contributed by atoms with Crippen molar-refractivity contribution in [2.24, 2.45) is 0 Å². The largest absolute Gasteiger partial charge is 0.195 e. The van der Waals surface area contributed by atoms with Crippen molar-refractivity contribution >= 4 is 41.2 Å². The Morgan fingerprint density at radius 1 is 0.390 bits per heavy atom. The second-order valence-electron chi connectivity index (χ2n) is 13.2. The van der Waals surface area contributed by atoms with E-state index in [1.165, 1.54) is 27.4 Å². The molecule has 0 unspecified atom stereocenters. The zero-order valence-electron chi connectivity index (χ0n) is 25.9. The van der Waals surface area contributed by atoms with E-state index in [1.54, 1.807) is 5.30 Å². The SMILES string of the molecule is Cc1ccccc1[PH+](C(C)(C)C)C(C)(C)C.c1ccc([B-](c2ccccc2)(c2ccccc2)c2ccccc2)cc1. The molecule has 0 nitrogen and oxygen atoms in total. The monoisotopic (exact) mass is 556 g/mol. The van der Waals surface area contributed by atoms with Crippen LogP contribution >= 0.6 is 7.92 Å². The molecule has 5 rings (SSSR count). The van der Waals surface area contributed by atoms with E-state index < -0.39 is 14.1 Å². The minimum atomic E-state index is -1.22. The maximum Gasteiger partial charge on any atom is 0.108 e. The first-order valence-electron chi connectivity index (χ1n) is 14.9. The third kappa shape index (κ3) is 6.91. The maximum atomic E-state index is 2.39. The van der Waals surface area contributed by atoms with E-state index in [0.717, 1.165) is 0 Å². The lowest BCUT2D eigenvalue weighted by atomic mass is 9.13. The van der Waals surface area contributed by atoms with Gasteiger partial charge in [-0.15, -0.1) is 0 Å². The van der Waals surface area contributed by atoms with Crippen LogP contribution in [0.25, 0.3) is 0 Å². The quantitative estimate of drug-likeness (QED) is 0.155. The zero-order valence-corrected chi connectivity index (χ0v) is 26.9. The van der Waals surface area contributed by atoms with Gasteiger partial charge in [-0.2, -0.15) is 21.9 Å². The third-order valence-electron chi connectivity index (χ3n) is 8.11. The van der Waals surface area contributed by atoms with Gasteiger partial charge in [0.1, 0.15) is 6.15 Å². The van der Waals surface area contributed by atoms with E-state index in [9.17, 15) is 0 Å². The predicted molar refractivity (Wildman–Crippen MR) is 189 cm³/mol. The summed E-state index contributed by atoms with van der Waals surface area (Å²) in [5.74, 6) is 0. The minimum absolute atomic E-state index is 0.398. The van der Waals surface area contributed by atoms with Gasteiger partial charge in [0.05, 0.1) is 15.6 Å². The molecule has 0 spiro atoms. The van der Waals surface area contributed by atoms with Crippen molar-refractivity contribution < 1.29 is 0 Å². The smallest absolute Gasteiger partial charge is 0.108 e. The fraction of sp³-hybridized carbons (Fsp3) is 0.231. The van der Waals surface area contributed by atoms with Gasteiger partial charge in [-0.3, -0.25) is 0 Å². The average molecular weight is 557 g/mol. The second-order valence-corrected chi connectivity index (χ2v) is 17.5. The molecule has 0 saturated heterocycles. The highest BCUT2D eigenvalue weighted by atomic mass is 31.1. The van der Waals surface area contributed by atoms with Crippen LogP contribution in [0.4, 0.5) is 0 Å². The van der Waals surface area contributed by atoms with Gasteiger partial charge >= 0.3 is 0 Å². The lowest BCUT2D eigenvalue weighted by Gasteiger charge is -2.44. The molecule has 0 radical (unpaired) electrons. The highest BCUT2D eigenvalue weighted by molar-refractivity contribution is 7.68. The van der Waals surface area contributed by atoms with E-state index in [4.69, 9.17) is 0 Å². The molecule has 0 heterocycles. The molecule has 210 valence electrons. The number of aryl methyl sites for hydroxylation is 1. The van der Waals surface area contributed by atoms with Crippen molar-refractivity contribution in [3.63, 3.8) is 0 Å². The number of benzene rings is 5. The summed E-state index contributed by atoms with van der Waals surface area (Å²) >= 11 is 0. The standard InChI is InChI=1S/C24H20B.C15H25P/c1-5-13-21(14-6-1)25(22-15-7-2-8-16-22,23-17-9-3-10-18-23)24-19-11-4-12-20-24;1-12-10-8-9-11-13(12)16(14(2,3)4)15(5,6)7/h1-20H;8-11H,1-7H3/q-1;/p+1. The van der Waals surface area contributed by atoms with Crippen LogP contribution in [0.2, 0.25) is 0 Å². The van der Waals surface area contributed by atoms with Crippen LogP contribution in [0.1, 0.15) is 47.1 Å². The molecule has 5 aromatic carbocycles. The Morgan fingerprint density at radius 2 is 0.659 bits per heavy atom. The van der Waals surface area contributed by atoms with Gasteiger partial charge in [0.2, 0.25) is 0 Å². The van der Waals surface area contributed by atoms with Crippen molar-refractivity contribution in [1.29, 1.82) is 0 Å². The fourth-order valence-corrected chi connectivity index (χ4v) is 11.5. The summed E-state index contributed by atoms with van der Waals surface area (Å²) < 4.78 is 0. The van der Waals surface area contributed by atoms with E-state index in [2.05, 4.69) is 194 Å². The van der Waals surface area contributed by atoms with E-state index in [-0.39, 0.29) is 0 Å². The summed E-state index contributed by atoms with van der Waals surface area (Å²) in [6.07, 6.45) is -1.22. The van der Waals surface area contributed by atoms with Crippen molar-refractivity contribution in [2.45, 2.75) is 58.8 Å². The molecule has 41 heavy (non-hydrogen) atoms. The van der Waals surface area contributed by atoms with E-state index in [0.29, 0.717) is 10.3 Å².